The van der Waals surface area contributed by atoms with E-state index in [4.69, 9.17) is 5.11 Å². The zero-order valence-corrected chi connectivity index (χ0v) is 11.7. The van der Waals surface area contributed by atoms with Crippen LogP contribution in [0.4, 0.5) is 0 Å². The molecule has 11 heteroatoms. The summed E-state index contributed by atoms with van der Waals surface area (Å²) in [5.74, 6) is -1.23. The van der Waals surface area contributed by atoms with Crippen molar-refractivity contribution in [2.75, 3.05) is 14.1 Å². The third-order valence-electron chi connectivity index (χ3n) is 2.24. The summed E-state index contributed by atoms with van der Waals surface area (Å²) in [5, 5.41) is 8.64. The third kappa shape index (κ3) is 3.32. The Bertz CT molecular complexity index is 637. The number of carbonyl (C=O) groups is 1. The third-order valence-corrected chi connectivity index (χ3v) is 5.26. The van der Waals surface area contributed by atoms with Crippen LogP contribution in [0, 0.1) is 0 Å². The largest absolute Gasteiger partial charge is 0.480 e. The second-order valence-electron chi connectivity index (χ2n) is 3.47. The average molecular weight is 311 g/mol. The highest BCUT2D eigenvalue weighted by Crippen LogP contribution is 2.21. The zero-order chi connectivity index (χ0) is 14.8. The zero-order valence-electron chi connectivity index (χ0n) is 10.1. The lowest BCUT2D eigenvalue weighted by molar-refractivity contribution is -0.137. The van der Waals surface area contributed by atoms with Crippen LogP contribution < -0.4 is 9.44 Å². The van der Waals surface area contributed by atoms with Gasteiger partial charge in [0.05, 0.1) is 0 Å². The van der Waals surface area contributed by atoms with Gasteiger partial charge in [-0.2, -0.15) is 0 Å². The highest BCUT2D eigenvalue weighted by atomic mass is 32.2. The van der Waals surface area contributed by atoms with Crippen molar-refractivity contribution in [2.24, 2.45) is 0 Å². The second-order valence-corrected chi connectivity index (χ2v) is 7.18. The summed E-state index contributed by atoms with van der Waals surface area (Å²) in [6, 6.07) is 0. The Morgan fingerprint density at radius 3 is 1.74 bits per heavy atom. The van der Waals surface area contributed by atoms with E-state index in [1.54, 1.807) is 0 Å². The van der Waals surface area contributed by atoms with Crippen LogP contribution in [0.2, 0.25) is 0 Å². The van der Waals surface area contributed by atoms with Gasteiger partial charge in [0.2, 0.25) is 20.0 Å². The van der Waals surface area contributed by atoms with Crippen LogP contribution in [0.15, 0.2) is 22.2 Å². The minimum absolute atomic E-state index is 0.509. The fourth-order valence-corrected chi connectivity index (χ4v) is 3.62. The Hall–Kier alpha value is -1.43. The molecule has 0 aromatic carbocycles. The molecule has 19 heavy (non-hydrogen) atoms. The van der Waals surface area contributed by atoms with Gasteiger partial charge in [-0.3, -0.25) is 4.79 Å². The number of nitrogens with zero attached hydrogens (tertiary/aromatic N) is 1. The number of sulfonamides is 2. The van der Waals surface area contributed by atoms with Crippen molar-refractivity contribution >= 4 is 26.0 Å². The molecule has 9 nitrogen and oxygen atoms in total. The van der Waals surface area contributed by atoms with Gasteiger partial charge in [0.1, 0.15) is 16.3 Å². The van der Waals surface area contributed by atoms with Crippen molar-refractivity contribution < 1.29 is 26.7 Å². The molecule has 1 aromatic heterocycles. The molecular formula is C8H13N3O6S2. The molecule has 0 radical (unpaired) electrons. The summed E-state index contributed by atoms with van der Waals surface area (Å²) >= 11 is 0. The smallest absolute Gasteiger partial charge is 0.323 e. The number of hydrogen-bond acceptors (Lipinski definition) is 5. The van der Waals surface area contributed by atoms with E-state index in [0.29, 0.717) is 0 Å². The number of carboxylic acid groups (broad SMARTS) is 1. The van der Waals surface area contributed by atoms with E-state index in [9.17, 15) is 21.6 Å². The minimum Gasteiger partial charge on any atom is -0.480 e. The quantitative estimate of drug-likeness (QED) is 0.578. The number of nitrogens with one attached hydrogen (secondary N) is 2. The lowest BCUT2D eigenvalue weighted by Gasteiger charge is -2.04. The number of rotatable bonds is 6. The van der Waals surface area contributed by atoms with Crippen LogP contribution in [0.25, 0.3) is 0 Å². The monoisotopic (exact) mass is 311 g/mol. The van der Waals surface area contributed by atoms with Crippen LogP contribution in [0.5, 0.6) is 0 Å². The van der Waals surface area contributed by atoms with Gasteiger partial charge in [-0.25, -0.2) is 26.3 Å². The maximum absolute atomic E-state index is 11.7. The van der Waals surface area contributed by atoms with E-state index in [0.717, 1.165) is 31.1 Å². The number of aromatic nitrogens is 1. The second kappa shape index (κ2) is 5.28. The highest BCUT2D eigenvalue weighted by Gasteiger charge is 2.27. The molecule has 1 rings (SSSR count). The lowest BCUT2D eigenvalue weighted by atomic mass is 10.6. The van der Waals surface area contributed by atoms with E-state index >= 15 is 0 Å². The predicted octanol–water partition coefficient (Wildman–Crippen LogP) is -1.61. The highest BCUT2D eigenvalue weighted by molar-refractivity contribution is 7.92. The summed E-state index contributed by atoms with van der Waals surface area (Å²) in [5.41, 5.74) is 0. The number of hydrogen-bond donors (Lipinski definition) is 3. The Morgan fingerprint density at radius 1 is 1.11 bits per heavy atom. The van der Waals surface area contributed by atoms with Crippen molar-refractivity contribution in [3.63, 3.8) is 0 Å². The van der Waals surface area contributed by atoms with E-state index in [2.05, 4.69) is 0 Å². The van der Waals surface area contributed by atoms with Crippen LogP contribution in [0.1, 0.15) is 0 Å². The first-order valence-electron chi connectivity index (χ1n) is 4.92. The van der Waals surface area contributed by atoms with Crippen molar-refractivity contribution in [2.45, 2.75) is 16.3 Å². The van der Waals surface area contributed by atoms with Gasteiger partial charge < -0.3 is 9.67 Å². The first kappa shape index (κ1) is 15.6. The Morgan fingerprint density at radius 2 is 1.47 bits per heavy atom. The van der Waals surface area contributed by atoms with E-state index in [1.165, 1.54) is 0 Å². The molecule has 0 aliphatic rings. The molecule has 0 bridgehead atoms. The summed E-state index contributed by atoms with van der Waals surface area (Å²) in [7, 11) is -5.79. The fraction of sp³-hybridized carbons (Fsp3) is 0.375. The molecule has 108 valence electrons. The Balaban J connectivity index is 3.52. The molecule has 1 aromatic rings. The first-order chi connectivity index (χ1) is 8.64. The number of carboxylic acids is 1. The Kier molecular flexibility index (Phi) is 4.35. The fourth-order valence-electron chi connectivity index (χ4n) is 1.34. The van der Waals surface area contributed by atoms with Gasteiger partial charge in [-0.1, -0.05) is 0 Å². The first-order valence-corrected chi connectivity index (χ1v) is 7.89. The molecule has 0 unspecified atom stereocenters. The normalized spacial score (nSPS) is 12.5. The molecule has 0 aliphatic carbocycles. The average Bonchev–Trinajstić information content (AvgIpc) is 2.73. The molecular weight excluding hydrogens is 298 g/mol. The van der Waals surface area contributed by atoms with Crippen LogP contribution in [0.3, 0.4) is 0 Å². The van der Waals surface area contributed by atoms with Gasteiger partial charge in [0.15, 0.2) is 0 Å². The van der Waals surface area contributed by atoms with Crippen molar-refractivity contribution in [1.82, 2.24) is 14.0 Å². The number of aliphatic carboxylic acids is 1. The molecule has 0 amide bonds. The van der Waals surface area contributed by atoms with E-state index in [1.807, 2.05) is 9.44 Å². The molecule has 0 spiro atoms. The SMILES string of the molecule is CNS(=O)(=O)c1cn(CC(=O)O)cc1S(=O)(=O)NC. The molecule has 0 fully saturated rings. The van der Waals surface area contributed by atoms with Gasteiger partial charge in [-0.05, 0) is 14.1 Å². The summed E-state index contributed by atoms with van der Waals surface area (Å²) in [6.45, 7) is -0.550. The molecule has 0 saturated heterocycles. The van der Waals surface area contributed by atoms with E-state index in [-0.39, 0.29) is 0 Å². The standard InChI is InChI=1S/C8H13N3O6S2/c1-9-18(14,15)6-3-11(5-8(12)13)4-7(6)19(16,17)10-2/h3-4,9-10H,5H2,1-2H3,(H,12,13). The molecule has 1 heterocycles. The Labute approximate surface area is 110 Å². The van der Waals surface area contributed by atoms with Crippen LogP contribution in [-0.4, -0.2) is 46.6 Å². The lowest BCUT2D eigenvalue weighted by Crippen LogP contribution is -2.24. The van der Waals surface area contributed by atoms with Gasteiger partial charge in [0.25, 0.3) is 0 Å². The predicted molar refractivity (Wildman–Crippen MR) is 64.6 cm³/mol. The molecule has 0 aliphatic heterocycles. The van der Waals surface area contributed by atoms with Crippen molar-refractivity contribution in [1.29, 1.82) is 0 Å². The van der Waals surface area contributed by atoms with Crippen LogP contribution >= 0.6 is 0 Å². The van der Waals surface area contributed by atoms with Gasteiger partial charge in [0, 0.05) is 12.4 Å². The molecule has 0 atom stereocenters. The van der Waals surface area contributed by atoms with Crippen LogP contribution in [-0.2, 0) is 31.4 Å². The van der Waals surface area contributed by atoms with E-state index < -0.39 is 42.4 Å². The van der Waals surface area contributed by atoms with Crippen molar-refractivity contribution in [3.05, 3.63) is 12.4 Å². The van der Waals surface area contributed by atoms with Crippen molar-refractivity contribution in [3.8, 4) is 0 Å². The van der Waals surface area contributed by atoms with Gasteiger partial charge >= 0.3 is 5.97 Å². The summed E-state index contributed by atoms with van der Waals surface area (Å²) in [4.78, 5) is 9.56. The minimum atomic E-state index is -4.02. The maximum atomic E-state index is 11.7. The molecule has 0 saturated carbocycles. The summed E-state index contributed by atoms with van der Waals surface area (Å²) in [6.07, 6.45) is 1.90. The topological polar surface area (TPSA) is 135 Å². The molecule has 3 N–H and O–H groups in total. The maximum Gasteiger partial charge on any atom is 0.323 e. The summed E-state index contributed by atoms with van der Waals surface area (Å²) < 4.78 is 51.8. The van der Waals surface area contributed by atoms with Gasteiger partial charge in [-0.15, -0.1) is 0 Å².